The Morgan fingerprint density at radius 2 is 2.04 bits per heavy atom. The highest BCUT2D eigenvalue weighted by atomic mass is 127. The van der Waals surface area contributed by atoms with Crippen molar-refractivity contribution in [3.8, 4) is 5.75 Å². The number of rotatable bonds is 8. The van der Waals surface area contributed by atoms with Crippen LogP contribution in [-0.4, -0.2) is 31.2 Å². The van der Waals surface area contributed by atoms with Gasteiger partial charge in [0.25, 0.3) is 11.8 Å². The Morgan fingerprint density at radius 1 is 1.26 bits per heavy atom. The third-order valence-corrected chi connectivity index (χ3v) is 4.68. The van der Waals surface area contributed by atoms with E-state index in [1.165, 1.54) is 6.21 Å². The van der Waals surface area contributed by atoms with E-state index < -0.39 is 5.91 Å². The van der Waals surface area contributed by atoms with Crippen LogP contribution in [0.1, 0.15) is 15.9 Å². The molecule has 0 fully saturated rings. The maximum absolute atomic E-state index is 12.1. The average Bonchev–Trinajstić information content (AvgIpc) is 2.66. The van der Waals surface area contributed by atoms with Crippen LogP contribution in [0.25, 0.3) is 0 Å². The molecule has 0 spiro atoms. The summed E-state index contributed by atoms with van der Waals surface area (Å²) in [7, 11) is 0. The molecular formula is C19H17BrIN3O3. The van der Waals surface area contributed by atoms with Crippen molar-refractivity contribution in [3.63, 3.8) is 0 Å². The van der Waals surface area contributed by atoms with Gasteiger partial charge >= 0.3 is 0 Å². The van der Waals surface area contributed by atoms with Gasteiger partial charge in [-0.3, -0.25) is 9.59 Å². The fourth-order valence-corrected chi connectivity index (χ4v) is 3.03. The fourth-order valence-electron chi connectivity index (χ4n) is 2.01. The molecule has 2 aromatic carbocycles. The Morgan fingerprint density at radius 3 is 2.78 bits per heavy atom. The first kappa shape index (κ1) is 21.1. The highest BCUT2D eigenvalue weighted by molar-refractivity contribution is 14.1. The molecule has 0 aliphatic rings. The first-order valence-electron chi connectivity index (χ1n) is 7.89. The lowest BCUT2D eigenvalue weighted by Gasteiger charge is -2.08. The number of carbonyl (C=O) groups is 2. The highest BCUT2D eigenvalue weighted by Gasteiger charge is 2.10. The van der Waals surface area contributed by atoms with E-state index in [0.717, 1.165) is 8.04 Å². The van der Waals surface area contributed by atoms with Gasteiger partial charge in [0.1, 0.15) is 12.4 Å². The monoisotopic (exact) mass is 541 g/mol. The maximum atomic E-state index is 12.1. The van der Waals surface area contributed by atoms with Crippen LogP contribution >= 0.6 is 38.5 Å². The largest absolute Gasteiger partial charge is 0.489 e. The SMILES string of the molecule is C=CCOc1ccc(Br)cc1/C=N\NC(=O)CNC(=O)c1ccccc1I. The van der Waals surface area contributed by atoms with E-state index in [2.05, 4.69) is 60.9 Å². The lowest BCUT2D eigenvalue weighted by Crippen LogP contribution is -2.35. The summed E-state index contributed by atoms with van der Waals surface area (Å²) in [6.07, 6.45) is 3.12. The number of hydrazone groups is 1. The number of halogens is 2. The number of nitrogens with one attached hydrogen (secondary N) is 2. The van der Waals surface area contributed by atoms with Crippen LogP contribution in [0, 0.1) is 3.57 Å². The smallest absolute Gasteiger partial charge is 0.259 e. The summed E-state index contributed by atoms with van der Waals surface area (Å²) >= 11 is 5.45. The van der Waals surface area contributed by atoms with Crippen LogP contribution in [-0.2, 0) is 4.79 Å². The molecule has 8 heteroatoms. The number of benzene rings is 2. The van der Waals surface area contributed by atoms with Gasteiger partial charge < -0.3 is 10.1 Å². The molecule has 2 aromatic rings. The van der Waals surface area contributed by atoms with Gasteiger partial charge in [0, 0.05) is 13.6 Å². The Balaban J connectivity index is 1.90. The van der Waals surface area contributed by atoms with Crippen LogP contribution in [0.5, 0.6) is 5.75 Å². The van der Waals surface area contributed by atoms with E-state index in [-0.39, 0.29) is 12.5 Å². The van der Waals surface area contributed by atoms with Crippen LogP contribution < -0.4 is 15.5 Å². The Labute approximate surface area is 179 Å². The third-order valence-electron chi connectivity index (χ3n) is 3.25. The first-order valence-corrected chi connectivity index (χ1v) is 9.76. The number of amides is 2. The fraction of sp³-hybridized carbons (Fsp3) is 0.105. The van der Waals surface area contributed by atoms with Gasteiger partial charge in [-0.05, 0) is 52.9 Å². The summed E-state index contributed by atoms with van der Waals surface area (Å²) in [5.41, 5.74) is 3.59. The van der Waals surface area contributed by atoms with Crippen molar-refractivity contribution in [3.05, 3.63) is 74.3 Å². The van der Waals surface area contributed by atoms with Crippen LogP contribution in [0.3, 0.4) is 0 Å². The van der Waals surface area contributed by atoms with Crippen molar-refractivity contribution in [2.24, 2.45) is 5.10 Å². The van der Waals surface area contributed by atoms with Crippen molar-refractivity contribution in [2.45, 2.75) is 0 Å². The summed E-state index contributed by atoms with van der Waals surface area (Å²) in [4.78, 5) is 24.0. The van der Waals surface area contributed by atoms with Crippen LogP contribution in [0.2, 0.25) is 0 Å². The minimum absolute atomic E-state index is 0.181. The molecule has 27 heavy (non-hydrogen) atoms. The van der Waals surface area contributed by atoms with Gasteiger partial charge in [-0.1, -0.05) is 40.7 Å². The molecule has 6 nitrogen and oxygen atoms in total. The quantitative estimate of drug-likeness (QED) is 0.232. The number of ether oxygens (including phenoxy) is 1. The molecule has 0 radical (unpaired) electrons. The Bertz CT molecular complexity index is 871. The number of hydrogen-bond acceptors (Lipinski definition) is 4. The van der Waals surface area contributed by atoms with Gasteiger partial charge in [-0.25, -0.2) is 5.43 Å². The first-order chi connectivity index (χ1) is 13.0. The molecule has 0 aliphatic heterocycles. The topological polar surface area (TPSA) is 79.8 Å². The molecule has 0 aromatic heterocycles. The molecular weight excluding hydrogens is 525 g/mol. The van der Waals surface area contributed by atoms with Gasteiger partial charge in [0.05, 0.1) is 18.3 Å². The van der Waals surface area contributed by atoms with E-state index in [4.69, 9.17) is 4.74 Å². The zero-order valence-corrected chi connectivity index (χ0v) is 18.0. The summed E-state index contributed by atoms with van der Waals surface area (Å²) in [5.74, 6) is -0.136. The predicted molar refractivity (Wildman–Crippen MR) is 117 cm³/mol. The normalized spacial score (nSPS) is 10.4. The molecule has 0 atom stereocenters. The average molecular weight is 542 g/mol. The van der Waals surface area contributed by atoms with Crippen LogP contribution in [0.15, 0.2) is 64.7 Å². The minimum atomic E-state index is -0.436. The molecule has 0 unspecified atom stereocenters. The molecule has 2 amide bonds. The molecule has 0 aliphatic carbocycles. The van der Waals surface area contributed by atoms with Gasteiger partial charge in [0.2, 0.25) is 0 Å². The lowest BCUT2D eigenvalue weighted by atomic mass is 10.2. The van der Waals surface area contributed by atoms with Gasteiger partial charge in [-0.2, -0.15) is 5.10 Å². The van der Waals surface area contributed by atoms with Crippen molar-refractivity contribution in [1.29, 1.82) is 0 Å². The Hall–Kier alpha value is -2.20. The van der Waals surface area contributed by atoms with Crippen molar-refractivity contribution in [2.75, 3.05) is 13.2 Å². The zero-order chi connectivity index (χ0) is 19.6. The van der Waals surface area contributed by atoms with E-state index in [0.29, 0.717) is 23.5 Å². The third kappa shape index (κ3) is 6.79. The molecule has 0 saturated carbocycles. The lowest BCUT2D eigenvalue weighted by molar-refractivity contribution is -0.120. The number of hydrogen-bond donors (Lipinski definition) is 2. The van der Waals surface area contributed by atoms with Gasteiger partial charge in [-0.15, -0.1) is 0 Å². The van der Waals surface area contributed by atoms with E-state index in [1.54, 1.807) is 24.3 Å². The summed E-state index contributed by atoms with van der Waals surface area (Å²) in [6, 6.07) is 12.6. The molecule has 2 N–H and O–H groups in total. The summed E-state index contributed by atoms with van der Waals surface area (Å²) in [6.45, 7) is 3.79. The second kappa shape index (κ2) is 10.8. The van der Waals surface area contributed by atoms with E-state index in [9.17, 15) is 9.59 Å². The van der Waals surface area contributed by atoms with E-state index in [1.807, 2.05) is 24.3 Å². The molecule has 2 rings (SSSR count). The second-order valence-electron chi connectivity index (χ2n) is 5.24. The van der Waals surface area contributed by atoms with Crippen molar-refractivity contribution >= 4 is 56.5 Å². The van der Waals surface area contributed by atoms with Crippen molar-refractivity contribution < 1.29 is 14.3 Å². The number of nitrogens with zero attached hydrogens (tertiary/aromatic N) is 1. The van der Waals surface area contributed by atoms with Crippen LogP contribution in [0.4, 0.5) is 0 Å². The summed E-state index contributed by atoms with van der Waals surface area (Å²) < 4.78 is 7.20. The summed E-state index contributed by atoms with van der Waals surface area (Å²) in [5, 5.41) is 6.48. The molecule has 0 bridgehead atoms. The Kier molecular flexibility index (Phi) is 8.46. The predicted octanol–water partition coefficient (Wildman–Crippen LogP) is 3.50. The molecule has 0 heterocycles. The highest BCUT2D eigenvalue weighted by Crippen LogP contribution is 2.21. The van der Waals surface area contributed by atoms with Crippen molar-refractivity contribution in [1.82, 2.24) is 10.7 Å². The second-order valence-corrected chi connectivity index (χ2v) is 7.32. The molecule has 140 valence electrons. The van der Waals surface area contributed by atoms with Gasteiger partial charge in [0.15, 0.2) is 0 Å². The minimum Gasteiger partial charge on any atom is -0.489 e. The zero-order valence-electron chi connectivity index (χ0n) is 14.2. The van der Waals surface area contributed by atoms with E-state index >= 15 is 0 Å². The maximum Gasteiger partial charge on any atom is 0.259 e. The number of carbonyl (C=O) groups excluding carboxylic acids is 2. The molecule has 0 saturated heterocycles. The standard InChI is InChI=1S/C19H17BrIN3O3/c1-2-9-27-17-8-7-14(20)10-13(17)11-23-24-18(25)12-22-19(26)15-5-3-4-6-16(15)21/h2-8,10-11H,1,9,12H2,(H,22,26)(H,24,25)/b23-11-.